The molecule has 6 nitrogen and oxygen atoms in total. The van der Waals surface area contributed by atoms with Gasteiger partial charge in [0, 0.05) is 12.6 Å². The number of thiophene rings is 1. The molecule has 2 heterocycles. The van der Waals surface area contributed by atoms with E-state index in [0.717, 1.165) is 10.6 Å². The maximum absolute atomic E-state index is 12.1. The second-order valence-corrected chi connectivity index (χ2v) is 6.68. The summed E-state index contributed by atoms with van der Waals surface area (Å²) in [4.78, 5) is 25.0. The highest BCUT2D eigenvalue weighted by atomic mass is 32.1. The Kier molecular flexibility index (Phi) is 5.80. The van der Waals surface area contributed by atoms with Crippen molar-refractivity contribution in [2.24, 2.45) is 0 Å². The largest absolute Gasteiger partial charge is 0.484 e. The van der Waals surface area contributed by atoms with E-state index in [4.69, 9.17) is 4.74 Å². The lowest BCUT2D eigenvalue weighted by Gasteiger charge is -2.15. The van der Waals surface area contributed by atoms with E-state index in [-0.39, 0.29) is 30.7 Å². The van der Waals surface area contributed by atoms with Gasteiger partial charge in [-0.15, -0.1) is 11.3 Å². The van der Waals surface area contributed by atoms with E-state index in [1.165, 1.54) is 10.7 Å². The van der Waals surface area contributed by atoms with E-state index in [0.29, 0.717) is 5.75 Å². The molecule has 1 aromatic carbocycles. The summed E-state index contributed by atoms with van der Waals surface area (Å²) in [5.41, 5.74) is 0.540. The van der Waals surface area contributed by atoms with Crippen LogP contribution in [0.3, 0.4) is 0 Å². The van der Waals surface area contributed by atoms with Gasteiger partial charge in [-0.1, -0.05) is 24.3 Å². The Bertz CT molecular complexity index is 907. The number of hydrogen-bond acceptors (Lipinski definition) is 5. The Hall–Kier alpha value is -2.93. The molecule has 0 bridgehead atoms. The Morgan fingerprint density at radius 3 is 2.73 bits per heavy atom. The lowest BCUT2D eigenvalue weighted by molar-refractivity contribution is -0.123. The van der Waals surface area contributed by atoms with Crippen LogP contribution in [0.25, 0.3) is 10.6 Å². The molecule has 0 spiro atoms. The molecule has 0 aliphatic carbocycles. The molecule has 1 amide bonds. The van der Waals surface area contributed by atoms with Gasteiger partial charge in [0.15, 0.2) is 6.61 Å². The molecule has 0 saturated heterocycles. The molecule has 3 aromatic rings. The summed E-state index contributed by atoms with van der Waals surface area (Å²) >= 11 is 1.56. The van der Waals surface area contributed by atoms with E-state index < -0.39 is 0 Å². The van der Waals surface area contributed by atoms with Crippen molar-refractivity contribution in [3.63, 3.8) is 0 Å². The van der Waals surface area contributed by atoms with Crippen LogP contribution in [0.5, 0.6) is 5.75 Å². The minimum Gasteiger partial charge on any atom is -0.484 e. The molecule has 0 fully saturated rings. The topological polar surface area (TPSA) is 73.2 Å². The fourth-order valence-electron chi connectivity index (χ4n) is 2.36. The molecule has 0 aliphatic rings. The van der Waals surface area contributed by atoms with Crippen LogP contribution in [-0.2, 0) is 4.79 Å². The summed E-state index contributed by atoms with van der Waals surface area (Å²) in [7, 11) is 0. The van der Waals surface area contributed by atoms with Gasteiger partial charge in [0.25, 0.3) is 11.5 Å². The number of rotatable bonds is 7. The Labute approximate surface area is 155 Å². The summed E-state index contributed by atoms with van der Waals surface area (Å²) in [5.74, 6) is 0.389. The maximum Gasteiger partial charge on any atom is 0.267 e. The van der Waals surface area contributed by atoms with E-state index in [1.54, 1.807) is 29.5 Å². The van der Waals surface area contributed by atoms with Crippen LogP contribution in [0.2, 0.25) is 0 Å². The molecular formula is C19H19N3O3S. The van der Waals surface area contributed by atoms with E-state index in [2.05, 4.69) is 10.4 Å². The van der Waals surface area contributed by atoms with Gasteiger partial charge in [-0.05, 0) is 36.6 Å². The molecule has 0 aliphatic heterocycles. The second-order valence-electron chi connectivity index (χ2n) is 5.73. The van der Waals surface area contributed by atoms with Crippen LogP contribution < -0.4 is 15.6 Å². The first-order valence-electron chi connectivity index (χ1n) is 8.22. The predicted octanol–water partition coefficient (Wildman–Crippen LogP) is 2.73. The molecule has 3 rings (SSSR count). The van der Waals surface area contributed by atoms with Crippen LogP contribution in [-0.4, -0.2) is 28.8 Å². The van der Waals surface area contributed by atoms with Crippen molar-refractivity contribution in [1.82, 2.24) is 15.1 Å². The number of nitrogens with zero attached hydrogens (tertiary/aromatic N) is 2. The molecule has 134 valence electrons. The monoisotopic (exact) mass is 369 g/mol. The van der Waals surface area contributed by atoms with E-state index in [1.807, 2.05) is 42.6 Å². The number of ether oxygens (including phenoxy) is 1. The van der Waals surface area contributed by atoms with Gasteiger partial charge in [0.1, 0.15) is 11.4 Å². The van der Waals surface area contributed by atoms with Gasteiger partial charge in [0.05, 0.1) is 10.9 Å². The lowest BCUT2D eigenvalue weighted by Crippen LogP contribution is -2.36. The first-order valence-corrected chi connectivity index (χ1v) is 9.10. The van der Waals surface area contributed by atoms with Gasteiger partial charge in [-0.2, -0.15) is 5.10 Å². The molecule has 1 unspecified atom stereocenters. The van der Waals surface area contributed by atoms with Crippen molar-refractivity contribution in [2.75, 3.05) is 13.2 Å². The quantitative estimate of drug-likeness (QED) is 0.695. The minimum absolute atomic E-state index is 0.0751. The number of carbonyl (C=O) groups excluding carboxylic acids is 1. The first kappa shape index (κ1) is 17.9. The van der Waals surface area contributed by atoms with Crippen molar-refractivity contribution >= 4 is 17.2 Å². The normalized spacial score (nSPS) is 11.7. The summed E-state index contributed by atoms with van der Waals surface area (Å²) < 4.78 is 6.80. The SMILES string of the molecule is CC(CNC(=O)COc1ccccc1)n1nc(-c2cccs2)ccc1=O. The number of para-hydroxylation sites is 1. The molecule has 1 N–H and O–H groups in total. The Morgan fingerprint density at radius 2 is 2.00 bits per heavy atom. The minimum atomic E-state index is -0.275. The van der Waals surface area contributed by atoms with Gasteiger partial charge in [-0.25, -0.2) is 4.68 Å². The van der Waals surface area contributed by atoms with Crippen molar-refractivity contribution < 1.29 is 9.53 Å². The van der Waals surface area contributed by atoms with Crippen molar-refractivity contribution in [2.45, 2.75) is 13.0 Å². The van der Waals surface area contributed by atoms with Crippen LogP contribution >= 0.6 is 11.3 Å². The van der Waals surface area contributed by atoms with Gasteiger partial charge in [0.2, 0.25) is 0 Å². The average molecular weight is 369 g/mol. The highest BCUT2D eigenvalue weighted by molar-refractivity contribution is 7.13. The van der Waals surface area contributed by atoms with Crippen LogP contribution in [0.1, 0.15) is 13.0 Å². The van der Waals surface area contributed by atoms with Crippen LogP contribution in [0.15, 0.2) is 64.8 Å². The summed E-state index contributed by atoms with van der Waals surface area (Å²) in [6, 6.07) is 16.0. The number of carbonyl (C=O) groups is 1. The summed E-state index contributed by atoms with van der Waals surface area (Å²) in [6.45, 7) is 2.05. The maximum atomic E-state index is 12.1. The highest BCUT2D eigenvalue weighted by Gasteiger charge is 2.12. The van der Waals surface area contributed by atoms with Crippen molar-refractivity contribution in [1.29, 1.82) is 0 Å². The standard InChI is InChI=1S/C19H19N3O3S/c1-14(12-20-18(23)13-25-15-6-3-2-4-7-15)22-19(24)10-9-16(21-22)17-8-5-11-26-17/h2-11,14H,12-13H2,1H3,(H,20,23). The zero-order valence-corrected chi connectivity index (χ0v) is 15.1. The van der Waals surface area contributed by atoms with Crippen LogP contribution in [0.4, 0.5) is 0 Å². The third-order valence-electron chi connectivity index (χ3n) is 3.72. The van der Waals surface area contributed by atoms with Crippen molar-refractivity contribution in [3.8, 4) is 16.3 Å². The second kappa shape index (κ2) is 8.44. The van der Waals surface area contributed by atoms with E-state index in [9.17, 15) is 9.59 Å². The fraction of sp³-hybridized carbons (Fsp3) is 0.211. The lowest BCUT2D eigenvalue weighted by atomic mass is 10.3. The zero-order valence-electron chi connectivity index (χ0n) is 14.3. The summed E-state index contributed by atoms with van der Waals surface area (Å²) in [5, 5.41) is 9.15. The van der Waals surface area contributed by atoms with Gasteiger partial charge in [-0.3, -0.25) is 9.59 Å². The smallest absolute Gasteiger partial charge is 0.267 e. The molecule has 0 radical (unpaired) electrons. The van der Waals surface area contributed by atoms with Gasteiger partial charge >= 0.3 is 0 Å². The molecule has 1 atom stereocenters. The molecule has 2 aromatic heterocycles. The van der Waals surface area contributed by atoms with Crippen molar-refractivity contribution in [3.05, 3.63) is 70.3 Å². The average Bonchev–Trinajstić information content (AvgIpc) is 3.20. The number of benzene rings is 1. The van der Waals surface area contributed by atoms with E-state index >= 15 is 0 Å². The molecule has 0 saturated carbocycles. The number of hydrogen-bond donors (Lipinski definition) is 1. The molecular weight excluding hydrogens is 350 g/mol. The molecule has 26 heavy (non-hydrogen) atoms. The Morgan fingerprint density at radius 1 is 1.19 bits per heavy atom. The highest BCUT2D eigenvalue weighted by Crippen LogP contribution is 2.21. The van der Waals surface area contributed by atoms with Gasteiger partial charge < -0.3 is 10.1 Å². The molecule has 7 heteroatoms. The number of aromatic nitrogens is 2. The zero-order chi connectivity index (χ0) is 18.4. The number of amides is 1. The summed E-state index contributed by atoms with van der Waals surface area (Å²) in [6.07, 6.45) is 0. The Balaban J connectivity index is 1.57. The fourth-order valence-corrected chi connectivity index (χ4v) is 3.05. The predicted molar refractivity (Wildman–Crippen MR) is 101 cm³/mol. The first-order chi connectivity index (χ1) is 12.6. The third-order valence-corrected chi connectivity index (χ3v) is 4.62. The number of nitrogens with one attached hydrogen (secondary N) is 1. The third kappa shape index (κ3) is 4.58. The van der Waals surface area contributed by atoms with Crippen LogP contribution in [0, 0.1) is 0 Å².